The quantitative estimate of drug-likeness (QED) is 0.694. The number of nitrogens with zero attached hydrogens (tertiary/aromatic N) is 2. The Morgan fingerprint density at radius 3 is 2.10 bits per heavy atom. The van der Waals surface area contributed by atoms with E-state index < -0.39 is 0 Å². The van der Waals surface area contributed by atoms with Crippen molar-refractivity contribution in [2.75, 3.05) is 26.2 Å². The van der Waals surface area contributed by atoms with E-state index in [1.54, 1.807) is 0 Å². The standard InChI is InChI=1S/C25H31ClN2O2/c1-25(2,3)21-10-8-20(9-11-21)24(30)28-16-4-15-27(17-18-28)23(29)14-7-19-5-12-22(26)13-6-19/h5-6,8-13H,4,7,14-18H2,1-3H3. The van der Waals surface area contributed by atoms with Crippen molar-refractivity contribution >= 4 is 23.4 Å². The zero-order valence-corrected chi connectivity index (χ0v) is 18.9. The molecule has 1 saturated heterocycles. The van der Waals surface area contributed by atoms with Crippen LogP contribution in [-0.2, 0) is 16.6 Å². The van der Waals surface area contributed by atoms with Crippen molar-refractivity contribution in [3.63, 3.8) is 0 Å². The van der Waals surface area contributed by atoms with Crippen molar-refractivity contribution in [2.24, 2.45) is 0 Å². The zero-order chi connectivity index (χ0) is 21.7. The summed E-state index contributed by atoms with van der Waals surface area (Å²) in [5.74, 6) is 0.194. The first-order chi connectivity index (χ1) is 14.2. The van der Waals surface area contributed by atoms with Crippen LogP contribution in [0.15, 0.2) is 48.5 Å². The molecule has 0 bridgehead atoms. The molecule has 30 heavy (non-hydrogen) atoms. The smallest absolute Gasteiger partial charge is 0.253 e. The third kappa shape index (κ3) is 5.85. The average molecular weight is 427 g/mol. The van der Waals surface area contributed by atoms with Crippen molar-refractivity contribution in [3.8, 4) is 0 Å². The van der Waals surface area contributed by atoms with Crippen molar-refractivity contribution in [1.82, 2.24) is 9.80 Å². The molecule has 2 aromatic carbocycles. The lowest BCUT2D eigenvalue weighted by atomic mass is 9.86. The van der Waals surface area contributed by atoms with Gasteiger partial charge in [-0.25, -0.2) is 0 Å². The molecule has 3 rings (SSSR count). The van der Waals surface area contributed by atoms with Gasteiger partial charge in [-0.15, -0.1) is 0 Å². The maximum Gasteiger partial charge on any atom is 0.253 e. The molecule has 2 amide bonds. The number of hydrogen-bond donors (Lipinski definition) is 0. The highest BCUT2D eigenvalue weighted by Gasteiger charge is 2.23. The topological polar surface area (TPSA) is 40.6 Å². The predicted octanol–water partition coefficient (Wildman–Crippen LogP) is 4.94. The van der Waals surface area contributed by atoms with Crippen LogP contribution in [0.3, 0.4) is 0 Å². The highest BCUT2D eigenvalue weighted by Crippen LogP contribution is 2.23. The van der Waals surface area contributed by atoms with Crippen molar-refractivity contribution in [3.05, 3.63) is 70.2 Å². The van der Waals surface area contributed by atoms with E-state index in [1.807, 2.05) is 58.3 Å². The molecule has 5 heteroatoms. The number of carbonyl (C=O) groups excluding carboxylic acids is 2. The molecular weight excluding hydrogens is 396 g/mol. The van der Waals surface area contributed by atoms with Crippen LogP contribution >= 0.6 is 11.6 Å². The van der Waals surface area contributed by atoms with Crippen LogP contribution in [0.5, 0.6) is 0 Å². The summed E-state index contributed by atoms with van der Waals surface area (Å²) >= 11 is 5.92. The second-order valence-corrected chi connectivity index (χ2v) is 9.42. The maximum absolute atomic E-state index is 12.9. The molecule has 0 unspecified atom stereocenters. The molecular formula is C25H31ClN2O2. The lowest BCUT2D eigenvalue weighted by molar-refractivity contribution is -0.131. The van der Waals surface area contributed by atoms with Gasteiger partial charge < -0.3 is 9.80 Å². The van der Waals surface area contributed by atoms with E-state index in [1.165, 1.54) is 5.56 Å². The van der Waals surface area contributed by atoms with Crippen molar-refractivity contribution in [2.45, 2.75) is 45.4 Å². The maximum atomic E-state index is 12.9. The molecule has 1 aliphatic rings. The van der Waals surface area contributed by atoms with Gasteiger partial charge in [-0.2, -0.15) is 0 Å². The Hall–Kier alpha value is -2.33. The first-order valence-corrected chi connectivity index (χ1v) is 11.0. The van der Waals surface area contributed by atoms with E-state index in [0.29, 0.717) is 49.6 Å². The van der Waals surface area contributed by atoms with Gasteiger partial charge in [0.05, 0.1) is 0 Å². The Morgan fingerprint density at radius 2 is 1.47 bits per heavy atom. The number of rotatable bonds is 4. The summed E-state index contributed by atoms with van der Waals surface area (Å²) in [7, 11) is 0. The number of aryl methyl sites for hydroxylation is 1. The molecule has 160 valence electrons. The summed E-state index contributed by atoms with van der Waals surface area (Å²) in [4.78, 5) is 29.4. The fraction of sp³-hybridized carbons (Fsp3) is 0.440. The molecule has 0 N–H and O–H groups in total. The Morgan fingerprint density at radius 1 is 0.867 bits per heavy atom. The lowest BCUT2D eigenvalue weighted by Crippen LogP contribution is -2.37. The van der Waals surface area contributed by atoms with Gasteiger partial charge in [-0.1, -0.05) is 56.6 Å². The molecule has 0 atom stereocenters. The van der Waals surface area contributed by atoms with E-state index in [0.717, 1.165) is 12.0 Å². The molecule has 0 aliphatic carbocycles. The average Bonchev–Trinajstić information content (AvgIpc) is 2.98. The van der Waals surface area contributed by atoms with Crippen LogP contribution in [0.2, 0.25) is 5.02 Å². The molecule has 4 nitrogen and oxygen atoms in total. The third-order valence-electron chi connectivity index (χ3n) is 5.67. The third-order valence-corrected chi connectivity index (χ3v) is 5.93. The van der Waals surface area contributed by atoms with Gasteiger partial charge in [-0.3, -0.25) is 9.59 Å². The number of hydrogen-bond acceptors (Lipinski definition) is 2. The van der Waals surface area contributed by atoms with Crippen molar-refractivity contribution < 1.29 is 9.59 Å². The fourth-order valence-electron chi connectivity index (χ4n) is 3.73. The van der Waals surface area contributed by atoms with Crippen LogP contribution in [0.1, 0.15) is 55.1 Å². The summed E-state index contributed by atoms with van der Waals surface area (Å²) in [5.41, 5.74) is 3.10. The molecule has 2 aromatic rings. The largest absolute Gasteiger partial charge is 0.341 e. The van der Waals surface area contributed by atoms with E-state index >= 15 is 0 Å². The molecule has 0 spiro atoms. The first-order valence-electron chi connectivity index (χ1n) is 10.7. The summed E-state index contributed by atoms with van der Waals surface area (Å²) in [5, 5.41) is 0.704. The number of amides is 2. The highest BCUT2D eigenvalue weighted by atomic mass is 35.5. The van der Waals surface area contributed by atoms with Gasteiger partial charge in [0.1, 0.15) is 0 Å². The number of halogens is 1. The summed E-state index contributed by atoms with van der Waals surface area (Å²) in [6.07, 6.45) is 1.98. The normalized spacial score (nSPS) is 15.1. The van der Waals surface area contributed by atoms with Gasteiger partial charge in [0, 0.05) is 43.2 Å². The SMILES string of the molecule is CC(C)(C)c1ccc(C(=O)N2CCCN(C(=O)CCc3ccc(Cl)cc3)CC2)cc1. The second-order valence-electron chi connectivity index (χ2n) is 8.98. The van der Waals surface area contributed by atoms with E-state index in [4.69, 9.17) is 11.6 Å². The zero-order valence-electron chi connectivity index (χ0n) is 18.2. The molecule has 1 fully saturated rings. The Bertz CT molecular complexity index is 870. The van der Waals surface area contributed by atoms with Crippen LogP contribution in [-0.4, -0.2) is 47.8 Å². The van der Waals surface area contributed by atoms with Gasteiger partial charge in [0.2, 0.25) is 5.91 Å². The minimum Gasteiger partial charge on any atom is -0.341 e. The summed E-state index contributed by atoms with van der Waals surface area (Å²) in [6, 6.07) is 15.5. The number of carbonyl (C=O) groups is 2. The Balaban J connectivity index is 1.54. The van der Waals surface area contributed by atoms with Crippen LogP contribution in [0.25, 0.3) is 0 Å². The number of benzene rings is 2. The fourth-order valence-corrected chi connectivity index (χ4v) is 3.85. The molecule has 0 saturated carbocycles. The minimum absolute atomic E-state index is 0.0472. The van der Waals surface area contributed by atoms with Gasteiger partial charge in [0.15, 0.2) is 0 Å². The Kier molecular flexibility index (Phi) is 7.19. The molecule has 1 aliphatic heterocycles. The van der Waals surface area contributed by atoms with Gasteiger partial charge >= 0.3 is 0 Å². The van der Waals surface area contributed by atoms with E-state index in [9.17, 15) is 9.59 Å². The van der Waals surface area contributed by atoms with Crippen LogP contribution in [0.4, 0.5) is 0 Å². The Labute approximate surface area is 184 Å². The molecule has 0 aromatic heterocycles. The molecule has 1 heterocycles. The van der Waals surface area contributed by atoms with Gasteiger partial charge in [0.25, 0.3) is 5.91 Å². The van der Waals surface area contributed by atoms with Crippen LogP contribution in [0, 0.1) is 0 Å². The summed E-state index contributed by atoms with van der Waals surface area (Å²) in [6.45, 7) is 9.04. The first kappa shape index (κ1) is 22.4. The van der Waals surface area contributed by atoms with Crippen molar-refractivity contribution in [1.29, 1.82) is 0 Å². The molecule has 0 radical (unpaired) electrons. The lowest BCUT2D eigenvalue weighted by Gasteiger charge is -2.23. The minimum atomic E-state index is 0.0472. The van der Waals surface area contributed by atoms with Crippen LogP contribution < -0.4 is 0 Å². The van der Waals surface area contributed by atoms with E-state index in [-0.39, 0.29) is 17.2 Å². The predicted molar refractivity (Wildman–Crippen MR) is 122 cm³/mol. The second kappa shape index (κ2) is 9.65. The van der Waals surface area contributed by atoms with Gasteiger partial charge in [-0.05, 0) is 53.6 Å². The monoisotopic (exact) mass is 426 g/mol. The highest BCUT2D eigenvalue weighted by molar-refractivity contribution is 6.30. The summed E-state index contributed by atoms with van der Waals surface area (Å²) < 4.78 is 0. The van der Waals surface area contributed by atoms with E-state index in [2.05, 4.69) is 20.8 Å².